The minimum Gasteiger partial charge on any atom is -0.310 e. The molecule has 0 spiro atoms. The molecule has 0 saturated carbocycles. The Hall–Kier alpha value is -5.40. The quantitative estimate of drug-likeness (QED) is 0.201. The van der Waals surface area contributed by atoms with Gasteiger partial charge in [-0.15, -0.1) is 0 Å². The molecule has 0 aromatic heterocycles. The number of benzene rings is 7. The van der Waals surface area contributed by atoms with Crippen LogP contribution in [0.25, 0.3) is 44.2 Å². The Kier molecular flexibility index (Phi) is 6.20. The van der Waals surface area contributed by atoms with Crippen LogP contribution in [0.15, 0.2) is 164 Å². The van der Waals surface area contributed by atoms with Gasteiger partial charge in [-0.05, 0) is 91.7 Å². The maximum absolute atomic E-state index is 2.42. The van der Waals surface area contributed by atoms with Crippen molar-refractivity contribution in [3.8, 4) is 33.4 Å². The van der Waals surface area contributed by atoms with Crippen LogP contribution in [0.2, 0.25) is 0 Å². The van der Waals surface area contributed by atoms with Crippen LogP contribution in [-0.4, -0.2) is 0 Å². The first kappa shape index (κ1) is 26.2. The molecule has 7 aromatic rings. The highest BCUT2D eigenvalue weighted by Crippen LogP contribution is 2.51. The summed E-state index contributed by atoms with van der Waals surface area (Å²) in [5, 5.41) is 2.48. The Labute approximate surface area is 259 Å². The predicted molar refractivity (Wildman–Crippen MR) is 187 cm³/mol. The van der Waals surface area contributed by atoms with Crippen LogP contribution in [0, 0.1) is 0 Å². The van der Waals surface area contributed by atoms with Crippen molar-refractivity contribution in [2.45, 2.75) is 19.3 Å². The van der Waals surface area contributed by atoms with Crippen LogP contribution in [0.4, 0.5) is 17.1 Å². The number of rotatable bonds is 5. The van der Waals surface area contributed by atoms with Crippen molar-refractivity contribution >= 4 is 27.8 Å². The van der Waals surface area contributed by atoms with E-state index >= 15 is 0 Å². The molecule has 1 nitrogen and oxygen atoms in total. The fraction of sp³-hybridized carbons (Fsp3) is 0.0698. The van der Waals surface area contributed by atoms with E-state index in [1.165, 1.54) is 55.3 Å². The molecule has 0 N–H and O–H groups in total. The van der Waals surface area contributed by atoms with Crippen LogP contribution in [-0.2, 0) is 5.41 Å². The average Bonchev–Trinajstić information content (AvgIpc) is 3.31. The standard InChI is InChI=1S/C43H33N/c1-43(2)41-20-12-11-19-38(41)39-26-25-35(29-42(39)43)44(34-23-21-31(22-24-34)30-13-5-3-6-14-30)36-27-33-17-9-10-18-37(33)40(28-36)32-15-7-4-8-16-32/h3-29H,1-2H3. The molecule has 8 rings (SSSR count). The Morgan fingerprint density at radius 2 is 0.977 bits per heavy atom. The number of hydrogen-bond donors (Lipinski definition) is 0. The number of fused-ring (bicyclic) bond motifs is 4. The average molecular weight is 564 g/mol. The first-order valence-electron chi connectivity index (χ1n) is 15.4. The van der Waals surface area contributed by atoms with Crippen molar-refractivity contribution in [3.05, 3.63) is 175 Å². The van der Waals surface area contributed by atoms with E-state index in [0.29, 0.717) is 0 Å². The first-order chi connectivity index (χ1) is 21.6. The van der Waals surface area contributed by atoms with Crippen molar-refractivity contribution < 1.29 is 0 Å². The van der Waals surface area contributed by atoms with Gasteiger partial charge in [0.15, 0.2) is 0 Å². The van der Waals surface area contributed by atoms with Gasteiger partial charge in [-0.2, -0.15) is 0 Å². The van der Waals surface area contributed by atoms with Crippen molar-refractivity contribution in [1.29, 1.82) is 0 Å². The number of nitrogens with zero attached hydrogens (tertiary/aromatic N) is 1. The summed E-state index contributed by atoms with van der Waals surface area (Å²) in [5.41, 5.74) is 13.7. The second kappa shape index (κ2) is 10.4. The van der Waals surface area contributed by atoms with Crippen molar-refractivity contribution in [2.24, 2.45) is 0 Å². The predicted octanol–water partition coefficient (Wildman–Crippen LogP) is 11.9. The van der Waals surface area contributed by atoms with Gasteiger partial charge in [-0.25, -0.2) is 0 Å². The molecular formula is C43H33N. The lowest BCUT2D eigenvalue weighted by Crippen LogP contribution is -2.16. The lowest BCUT2D eigenvalue weighted by atomic mass is 9.82. The van der Waals surface area contributed by atoms with Gasteiger partial charge in [0.05, 0.1) is 0 Å². The normalized spacial score (nSPS) is 13.0. The molecule has 7 aromatic carbocycles. The first-order valence-corrected chi connectivity index (χ1v) is 15.4. The van der Waals surface area contributed by atoms with Gasteiger partial charge in [0.2, 0.25) is 0 Å². The minimum absolute atomic E-state index is 0.0800. The molecule has 0 aliphatic heterocycles. The molecule has 0 heterocycles. The zero-order valence-corrected chi connectivity index (χ0v) is 25.0. The summed E-state index contributed by atoms with van der Waals surface area (Å²) >= 11 is 0. The highest BCUT2D eigenvalue weighted by molar-refractivity contribution is 6.01. The van der Waals surface area contributed by atoms with Crippen molar-refractivity contribution in [2.75, 3.05) is 4.90 Å². The van der Waals surface area contributed by atoms with Crippen LogP contribution < -0.4 is 4.90 Å². The van der Waals surface area contributed by atoms with E-state index < -0.39 is 0 Å². The Balaban J connectivity index is 1.34. The van der Waals surface area contributed by atoms with E-state index in [9.17, 15) is 0 Å². The highest BCUT2D eigenvalue weighted by atomic mass is 15.1. The van der Waals surface area contributed by atoms with E-state index in [-0.39, 0.29) is 5.41 Å². The molecule has 1 aliphatic carbocycles. The maximum atomic E-state index is 2.42. The smallest absolute Gasteiger partial charge is 0.0474 e. The molecule has 0 saturated heterocycles. The van der Waals surface area contributed by atoms with E-state index in [1.54, 1.807) is 0 Å². The van der Waals surface area contributed by atoms with E-state index in [2.05, 4.69) is 183 Å². The summed E-state index contributed by atoms with van der Waals surface area (Å²) in [7, 11) is 0. The Morgan fingerprint density at radius 1 is 0.386 bits per heavy atom. The Bertz CT molecular complexity index is 2120. The second-order valence-corrected chi connectivity index (χ2v) is 12.2. The lowest BCUT2D eigenvalue weighted by molar-refractivity contribution is 0.660. The molecule has 210 valence electrons. The number of hydrogen-bond acceptors (Lipinski definition) is 1. The lowest BCUT2D eigenvalue weighted by Gasteiger charge is -2.29. The summed E-state index contributed by atoms with van der Waals surface area (Å²) in [5.74, 6) is 0. The van der Waals surface area contributed by atoms with Gasteiger partial charge in [-0.3, -0.25) is 0 Å². The molecule has 1 heteroatoms. The molecule has 0 radical (unpaired) electrons. The van der Waals surface area contributed by atoms with Crippen LogP contribution in [0.1, 0.15) is 25.0 Å². The highest BCUT2D eigenvalue weighted by Gasteiger charge is 2.35. The SMILES string of the molecule is CC1(C)c2ccccc2-c2ccc(N(c3ccc(-c4ccccc4)cc3)c3cc(-c4ccccc4)c4ccccc4c3)cc21. The molecule has 1 aliphatic rings. The second-order valence-electron chi connectivity index (χ2n) is 12.2. The molecular weight excluding hydrogens is 530 g/mol. The molecule has 0 fully saturated rings. The maximum Gasteiger partial charge on any atom is 0.0474 e. The van der Waals surface area contributed by atoms with Gasteiger partial charge in [0, 0.05) is 22.5 Å². The third kappa shape index (κ3) is 4.32. The summed E-state index contributed by atoms with van der Waals surface area (Å²) in [6.45, 7) is 4.70. The zero-order valence-electron chi connectivity index (χ0n) is 25.0. The number of anilines is 3. The van der Waals surface area contributed by atoms with Gasteiger partial charge < -0.3 is 4.90 Å². The van der Waals surface area contributed by atoms with E-state index in [0.717, 1.165) is 17.1 Å². The van der Waals surface area contributed by atoms with Crippen molar-refractivity contribution in [1.82, 2.24) is 0 Å². The zero-order chi connectivity index (χ0) is 29.7. The largest absolute Gasteiger partial charge is 0.310 e. The molecule has 0 amide bonds. The fourth-order valence-electron chi connectivity index (χ4n) is 6.99. The fourth-order valence-corrected chi connectivity index (χ4v) is 6.99. The summed E-state index contributed by atoms with van der Waals surface area (Å²) in [6.07, 6.45) is 0. The van der Waals surface area contributed by atoms with Gasteiger partial charge in [0.1, 0.15) is 0 Å². The monoisotopic (exact) mass is 563 g/mol. The van der Waals surface area contributed by atoms with Gasteiger partial charge >= 0.3 is 0 Å². The van der Waals surface area contributed by atoms with Crippen LogP contribution in [0.5, 0.6) is 0 Å². The topological polar surface area (TPSA) is 3.24 Å². The van der Waals surface area contributed by atoms with E-state index in [4.69, 9.17) is 0 Å². The molecule has 0 unspecified atom stereocenters. The summed E-state index contributed by atoms with van der Waals surface area (Å²) < 4.78 is 0. The van der Waals surface area contributed by atoms with Gasteiger partial charge in [-0.1, -0.05) is 141 Å². The molecule has 44 heavy (non-hydrogen) atoms. The van der Waals surface area contributed by atoms with E-state index in [1.807, 2.05) is 0 Å². The third-order valence-electron chi connectivity index (χ3n) is 9.25. The van der Waals surface area contributed by atoms with Gasteiger partial charge in [0.25, 0.3) is 0 Å². The van der Waals surface area contributed by atoms with Crippen LogP contribution in [0.3, 0.4) is 0 Å². The van der Waals surface area contributed by atoms with Crippen molar-refractivity contribution in [3.63, 3.8) is 0 Å². The molecule has 0 atom stereocenters. The summed E-state index contributed by atoms with van der Waals surface area (Å²) in [4.78, 5) is 2.42. The summed E-state index contributed by atoms with van der Waals surface area (Å²) in [6, 6.07) is 59.6. The Morgan fingerprint density at radius 3 is 1.75 bits per heavy atom. The third-order valence-corrected chi connectivity index (χ3v) is 9.25. The molecule has 0 bridgehead atoms. The minimum atomic E-state index is -0.0800. The van der Waals surface area contributed by atoms with Crippen LogP contribution >= 0.6 is 0 Å².